The fourth-order valence-corrected chi connectivity index (χ4v) is 1.40. The Hall–Kier alpha value is -1.81. The van der Waals surface area contributed by atoms with E-state index in [1.54, 1.807) is 12.1 Å². The third-order valence-electron chi connectivity index (χ3n) is 2.29. The van der Waals surface area contributed by atoms with Gasteiger partial charge in [0.25, 0.3) is 0 Å². The SMILES string of the molecule is CC(N)c1cc(-c2ccc(F)cc2)ncn1. The van der Waals surface area contributed by atoms with Gasteiger partial charge in [0.15, 0.2) is 0 Å². The van der Waals surface area contributed by atoms with Gasteiger partial charge in [-0.3, -0.25) is 0 Å². The molecule has 1 atom stereocenters. The first kappa shape index (κ1) is 10.7. The van der Waals surface area contributed by atoms with Crippen molar-refractivity contribution in [1.82, 2.24) is 9.97 Å². The summed E-state index contributed by atoms with van der Waals surface area (Å²) in [7, 11) is 0. The summed E-state index contributed by atoms with van der Waals surface area (Å²) in [6.07, 6.45) is 1.47. The molecule has 4 heteroatoms. The molecule has 82 valence electrons. The van der Waals surface area contributed by atoms with Gasteiger partial charge < -0.3 is 5.73 Å². The van der Waals surface area contributed by atoms with E-state index in [4.69, 9.17) is 5.73 Å². The van der Waals surface area contributed by atoms with Crippen molar-refractivity contribution in [2.24, 2.45) is 5.73 Å². The van der Waals surface area contributed by atoms with Crippen LogP contribution in [0.25, 0.3) is 11.3 Å². The number of nitrogens with zero attached hydrogens (tertiary/aromatic N) is 2. The summed E-state index contributed by atoms with van der Waals surface area (Å²) >= 11 is 0. The molecule has 0 saturated heterocycles. The standard InChI is InChI=1S/C12H12FN3/c1-8(14)11-6-12(16-7-15-11)9-2-4-10(13)5-3-9/h2-8H,14H2,1H3. The lowest BCUT2D eigenvalue weighted by Crippen LogP contribution is -2.07. The summed E-state index contributed by atoms with van der Waals surface area (Å²) in [5.41, 5.74) is 8.11. The predicted molar refractivity (Wildman–Crippen MR) is 60.0 cm³/mol. The van der Waals surface area contributed by atoms with Crippen molar-refractivity contribution in [3.05, 3.63) is 48.2 Å². The molecular weight excluding hydrogens is 205 g/mol. The van der Waals surface area contributed by atoms with Crippen molar-refractivity contribution in [3.8, 4) is 11.3 Å². The van der Waals surface area contributed by atoms with Crippen LogP contribution in [0.15, 0.2) is 36.7 Å². The van der Waals surface area contributed by atoms with Gasteiger partial charge in [0, 0.05) is 11.6 Å². The quantitative estimate of drug-likeness (QED) is 0.839. The smallest absolute Gasteiger partial charge is 0.123 e. The van der Waals surface area contributed by atoms with E-state index in [0.717, 1.165) is 17.0 Å². The maximum absolute atomic E-state index is 12.8. The highest BCUT2D eigenvalue weighted by molar-refractivity contribution is 5.58. The van der Waals surface area contributed by atoms with Crippen LogP contribution >= 0.6 is 0 Å². The maximum Gasteiger partial charge on any atom is 0.123 e. The summed E-state index contributed by atoms with van der Waals surface area (Å²) in [5.74, 6) is -0.259. The van der Waals surface area contributed by atoms with Crippen LogP contribution in [0.5, 0.6) is 0 Å². The zero-order valence-electron chi connectivity index (χ0n) is 8.89. The zero-order valence-corrected chi connectivity index (χ0v) is 8.89. The first-order valence-electron chi connectivity index (χ1n) is 5.00. The topological polar surface area (TPSA) is 51.8 Å². The number of hydrogen-bond acceptors (Lipinski definition) is 3. The van der Waals surface area contributed by atoms with Gasteiger partial charge in [0.05, 0.1) is 11.4 Å². The Labute approximate surface area is 93.2 Å². The first-order chi connectivity index (χ1) is 7.66. The molecule has 2 aromatic rings. The Kier molecular flexibility index (Phi) is 2.92. The second-order valence-electron chi connectivity index (χ2n) is 3.62. The molecule has 0 aliphatic carbocycles. The molecule has 0 spiro atoms. The second-order valence-corrected chi connectivity index (χ2v) is 3.62. The van der Waals surface area contributed by atoms with Crippen LogP contribution in [0, 0.1) is 5.82 Å². The Morgan fingerprint density at radius 1 is 1.19 bits per heavy atom. The van der Waals surface area contributed by atoms with E-state index in [1.807, 2.05) is 13.0 Å². The minimum Gasteiger partial charge on any atom is -0.323 e. The Balaban J connectivity index is 2.40. The van der Waals surface area contributed by atoms with Crippen LogP contribution in [0.2, 0.25) is 0 Å². The molecule has 0 amide bonds. The van der Waals surface area contributed by atoms with Crippen LogP contribution in [0.1, 0.15) is 18.7 Å². The molecule has 3 nitrogen and oxygen atoms in total. The minimum absolute atomic E-state index is 0.137. The second kappa shape index (κ2) is 4.37. The molecule has 0 bridgehead atoms. The van der Waals surface area contributed by atoms with Gasteiger partial charge in [-0.15, -0.1) is 0 Å². The molecule has 2 rings (SSSR count). The summed E-state index contributed by atoms with van der Waals surface area (Å²) < 4.78 is 12.8. The maximum atomic E-state index is 12.8. The minimum atomic E-state index is -0.259. The highest BCUT2D eigenvalue weighted by atomic mass is 19.1. The highest BCUT2D eigenvalue weighted by Crippen LogP contribution is 2.18. The predicted octanol–water partition coefficient (Wildman–Crippen LogP) is 2.30. The number of aromatic nitrogens is 2. The summed E-state index contributed by atoms with van der Waals surface area (Å²) in [4.78, 5) is 8.20. The summed E-state index contributed by atoms with van der Waals surface area (Å²) in [6, 6.07) is 7.86. The fraction of sp³-hybridized carbons (Fsp3) is 0.167. The molecule has 2 N–H and O–H groups in total. The molecule has 0 saturated carbocycles. The summed E-state index contributed by atoms with van der Waals surface area (Å²) in [6.45, 7) is 1.86. The van der Waals surface area contributed by atoms with Crippen molar-refractivity contribution in [2.75, 3.05) is 0 Å². The van der Waals surface area contributed by atoms with Crippen molar-refractivity contribution in [1.29, 1.82) is 0 Å². The normalized spacial score (nSPS) is 12.4. The number of hydrogen-bond donors (Lipinski definition) is 1. The lowest BCUT2D eigenvalue weighted by molar-refractivity contribution is 0.628. The third kappa shape index (κ3) is 2.23. The average Bonchev–Trinajstić information content (AvgIpc) is 2.30. The third-order valence-corrected chi connectivity index (χ3v) is 2.29. The highest BCUT2D eigenvalue weighted by Gasteiger charge is 2.05. The van der Waals surface area contributed by atoms with E-state index in [0.29, 0.717) is 0 Å². The van der Waals surface area contributed by atoms with Crippen molar-refractivity contribution >= 4 is 0 Å². The number of benzene rings is 1. The zero-order chi connectivity index (χ0) is 11.5. The monoisotopic (exact) mass is 217 g/mol. The molecule has 0 aliphatic rings. The van der Waals surface area contributed by atoms with E-state index in [9.17, 15) is 4.39 Å². The van der Waals surface area contributed by atoms with Gasteiger partial charge >= 0.3 is 0 Å². The molecule has 0 radical (unpaired) electrons. The van der Waals surface area contributed by atoms with E-state index in [-0.39, 0.29) is 11.9 Å². The number of nitrogens with two attached hydrogens (primary N) is 1. The Morgan fingerprint density at radius 3 is 2.50 bits per heavy atom. The molecular formula is C12H12FN3. The number of halogens is 1. The molecule has 1 aromatic carbocycles. The van der Waals surface area contributed by atoms with Gasteiger partial charge in [-0.1, -0.05) is 0 Å². The van der Waals surface area contributed by atoms with E-state index < -0.39 is 0 Å². The first-order valence-corrected chi connectivity index (χ1v) is 5.00. The molecule has 1 unspecified atom stereocenters. The largest absolute Gasteiger partial charge is 0.323 e. The summed E-state index contributed by atoms with van der Waals surface area (Å²) in [5, 5.41) is 0. The Morgan fingerprint density at radius 2 is 1.88 bits per heavy atom. The van der Waals surface area contributed by atoms with Gasteiger partial charge in [-0.25, -0.2) is 14.4 Å². The lowest BCUT2D eigenvalue weighted by Gasteiger charge is -2.06. The van der Waals surface area contributed by atoms with Crippen LogP contribution < -0.4 is 5.73 Å². The lowest BCUT2D eigenvalue weighted by atomic mass is 10.1. The van der Waals surface area contributed by atoms with E-state index >= 15 is 0 Å². The molecule has 0 fully saturated rings. The molecule has 1 aromatic heterocycles. The molecule has 1 heterocycles. The average molecular weight is 217 g/mol. The molecule has 0 aliphatic heterocycles. The van der Waals surface area contributed by atoms with E-state index in [2.05, 4.69) is 9.97 Å². The van der Waals surface area contributed by atoms with Crippen LogP contribution in [0.4, 0.5) is 4.39 Å². The number of rotatable bonds is 2. The van der Waals surface area contributed by atoms with Crippen LogP contribution in [-0.2, 0) is 0 Å². The van der Waals surface area contributed by atoms with Crippen LogP contribution in [-0.4, -0.2) is 9.97 Å². The van der Waals surface area contributed by atoms with E-state index in [1.165, 1.54) is 18.5 Å². The molecule has 16 heavy (non-hydrogen) atoms. The van der Waals surface area contributed by atoms with Crippen molar-refractivity contribution < 1.29 is 4.39 Å². The fourth-order valence-electron chi connectivity index (χ4n) is 1.40. The van der Waals surface area contributed by atoms with Gasteiger partial charge in [-0.05, 0) is 37.3 Å². The van der Waals surface area contributed by atoms with Crippen LogP contribution in [0.3, 0.4) is 0 Å². The van der Waals surface area contributed by atoms with Crippen molar-refractivity contribution in [3.63, 3.8) is 0 Å². The van der Waals surface area contributed by atoms with Crippen molar-refractivity contribution in [2.45, 2.75) is 13.0 Å². The van der Waals surface area contributed by atoms with Gasteiger partial charge in [-0.2, -0.15) is 0 Å². The Bertz CT molecular complexity index is 480. The van der Waals surface area contributed by atoms with Gasteiger partial charge in [0.2, 0.25) is 0 Å². The van der Waals surface area contributed by atoms with Gasteiger partial charge in [0.1, 0.15) is 12.1 Å².